The lowest BCUT2D eigenvalue weighted by molar-refractivity contribution is -0.137. The Morgan fingerprint density at radius 1 is 1.35 bits per heavy atom. The number of hydrogen-bond donors (Lipinski definition) is 1. The Labute approximate surface area is 135 Å². The zero-order chi connectivity index (χ0) is 14.3. The first-order valence-electron chi connectivity index (χ1n) is 5.68. The number of aromatic nitrogens is 2. The average molecular weight is 416 g/mol. The van der Waals surface area contributed by atoms with Crippen molar-refractivity contribution in [3.8, 4) is 10.7 Å². The maximum Gasteiger partial charge on any atom is 0.323 e. The SMILES string of the molecule is O=C(O)Cn1c(-c2cc(Br)c(Br)s2)nc2ccccc21. The molecular weight excluding hydrogens is 408 g/mol. The van der Waals surface area contributed by atoms with Crippen LogP contribution in [-0.4, -0.2) is 20.6 Å². The van der Waals surface area contributed by atoms with Crippen LogP contribution >= 0.6 is 43.2 Å². The molecule has 2 heterocycles. The summed E-state index contributed by atoms with van der Waals surface area (Å²) in [5.74, 6) is -0.214. The molecule has 0 bridgehead atoms. The number of hydrogen-bond acceptors (Lipinski definition) is 3. The van der Waals surface area contributed by atoms with E-state index < -0.39 is 5.97 Å². The minimum atomic E-state index is -0.885. The number of imidazole rings is 1. The minimum absolute atomic E-state index is 0.108. The zero-order valence-corrected chi connectivity index (χ0v) is 14.0. The first kappa shape index (κ1) is 13.8. The van der Waals surface area contributed by atoms with E-state index in [1.807, 2.05) is 30.3 Å². The van der Waals surface area contributed by atoms with E-state index in [-0.39, 0.29) is 6.54 Å². The van der Waals surface area contributed by atoms with Gasteiger partial charge in [-0.05, 0) is 50.1 Å². The molecule has 20 heavy (non-hydrogen) atoms. The van der Waals surface area contributed by atoms with Crippen molar-refractivity contribution in [3.63, 3.8) is 0 Å². The molecule has 0 amide bonds. The van der Waals surface area contributed by atoms with Gasteiger partial charge in [0.1, 0.15) is 6.54 Å². The van der Waals surface area contributed by atoms with Crippen LogP contribution in [0.5, 0.6) is 0 Å². The molecule has 0 saturated heterocycles. The number of benzene rings is 1. The quantitative estimate of drug-likeness (QED) is 0.690. The van der Waals surface area contributed by atoms with Gasteiger partial charge in [-0.2, -0.15) is 0 Å². The van der Waals surface area contributed by atoms with Crippen molar-refractivity contribution in [3.05, 3.63) is 38.6 Å². The van der Waals surface area contributed by atoms with Crippen LogP contribution in [0.2, 0.25) is 0 Å². The Kier molecular flexibility index (Phi) is 3.66. The van der Waals surface area contributed by atoms with E-state index in [9.17, 15) is 4.79 Å². The van der Waals surface area contributed by atoms with E-state index in [4.69, 9.17) is 5.11 Å². The Balaban J connectivity index is 2.25. The van der Waals surface area contributed by atoms with Crippen LogP contribution in [0.1, 0.15) is 0 Å². The molecule has 0 aliphatic rings. The monoisotopic (exact) mass is 414 g/mol. The summed E-state index contributed by atoms with van der Waals surface area (Å²) < 4.78 is 3.62. The summed E-state index contributed by atoms with van der Waals surface area (Å²) in [5, 5.41) is 9.11. The van der Waals surface area contributed by atoms with E-state index in [0.29, 0.717) is 5.82 Å². The van der Waals surface area contributed by atoms with Crippen LogP contribution < -0.4 is 0 Å². The Morgan fingerprint density at radius 2 is 2.10 bits per heavy atom. The second-order valence-corrected chi connectivity index (χ2v) is 7.36. The van der Waals surface area contributed by atoms with Crippen LogP contribution in [0.3, 0.4) is 0 Å². The molecule has 0 unspecified atom stereocenters. The van der Waals surface area contributed by atoms with Crippen molar-refractivity contribution in [1.82, 2.24) is 9.55 Å². The van der Waals surface area contributed by atoms with Crippen molar-refractivity contribution in [2.45, 2.75) is 6.54 Å². The second-order valence-electron chi connectivity index (χ2n) is 4.14. The first-order valence-corrected chi connectivity index (χ1v) is 8.09. The van der Waals surface area contributed by atoms with E-state index in [1.54, 1.807) is 4.57 Å². The number of carboxylic acids is 1. The molecule has 0 saturated carbocycles. The minimum Gasteiger partial charge on any atom is -0.480 e. The van der Waals surface area contributed by atoms with Crippen molar-refractivity contribution < 1.29 is 9.90 Å². The highest BCUT2D eigenvalue weighted by molar-refractivity contribution is 9.13. The van der Waals surface area contributed by atoms with Crippen molar-refractivity contribution in [1.29, 1.82) is 0 Å². The summed E-state index contributed by atoms with van der Waals surface area (Å²) in [7, 11) is 0. The van der Waals surface area contributed by atoms with E-state index in [1.165, 1.54) is 11.3 Å². The van der Waals surface area contributed by atoms with Crippen LogP contribution in [0, 0.1) is 0 Å². The molecule has 7 heteroatoms. The summed E-state index contributed by atoms with van der Waals surface area (Å²) >= 11 is 8.41. The maximum absolute atomic E-state index is 11.1. The van der Waals surface area contributed by atoms with Gasteiger partial charge < -0.3 is 9.67 Å². The Bertz CT molecular complexity index is 790. The molecule has 3 rings (SSSR count). The number of fused-ring (bicyclic) bond motifs is 1. The normalized spacial score (nSPS) is 11.1. The average Bonchev–Trinajstić information content (AvgIpc) is 2.91. The molecule has 102 valence electrons. The number of para-hydroxylation sites is 2. The third kappa shape index (κ3) is 2.41. The molecule has 0 aliphatic carbocycles. The molecule has 0 radical (unpaired) electrons. The van der Waals surface area contributed by atoms with E-state index in [2.05, 4.69) is 36.8 Å². The lowest BCUT2D eigenvalue weighted by Gasteiger charge is -2.04. The largest absolute Gasteiger partial charge is 0.480 e. The van der Waals surface area contributed by atoms with Gasteiger partial charge in [0.2, 0.25) is 0 Å². The van der Waals surface area contributed by atoms with E-state index in [0.717, 1.165) is 24.2 Å². The number of carboxylic acid groups (broad SMARTS) is 1. The number of rotatable bonds is 3. The Hall–Kier alpha value is -1.18. The highest BCUT2D eigenvalue weighted by Gasteiger charge is 2.17. The van der Waals surface area contributed by atoms with Crippen molar-refractivity contribution in [2.24, 2.45) is 0 Å². The number of thiophene rings is 1. The highest BCUT2D eigenvalue weighted by atomic mass is 79.9. The van der Waals surface area contributed by atoms with Gasteiger partial charge in [0.15, 0.2) is 5.82 Å². The number of nitrogens with zero attached hydrogens (tertiary/aromatic N) is 2. The van der Waals surface area contributed by atoms with Gasteiger partial charge in [0.05, 0.1) is 19.7 Å². The predicted molar refractivity (Wildman–Crippen MR) is 86.1 cm³/mol. The molecular formula is C13H8Br2N2O2S. The predicted octanol–water partition coefficient (Wildman–Crippen LogP) is 4.37. The molecule has 4 nitrogen and oxygen atoms in total. The van der Waals surface area contributed by atoms with Crippen LogP contribution in [-0.2, 0) is 11.3 Å². The second kappa shape index (κ2) is 5.31. The van der Waals surface area contributed by atoms with Gasteiger partial charge in [0.25, 0.3) is 0 Å². The van der Waals surface area contributed by atoms with Gasteiger partial charge in [-0.3, -0.25) is 4.79 Å². The van der Waals surface area contributed by atoms with Crippen LogP contribution in [0.4, 0.5) is 0 Å². The van der Waals surface area contributed by atoms with Crippen molar-refractivity contribution in [2.75, 3.05) is 0 Å². The molecule has 0 spiro atoms. The van der Waals surface area contributed by atoms with Crippen molar-refractivity contribution >= 4 is 60.2 Å². The summed E-state index contributed by atoms with van der Waals surface area (Å²) in [6, 6.07) is 9.48. The first-order chi connectivity index (χ1) is 9.56. The topological polar surface area (TPSA) is 55.1 Å². The van der Waals surface area contributed by atoms with Gasteiger partial charge in [-0.1, -0.05) is 12.1 Å². The highest BCUT2D eigenvalue weighted by Crippen LogP contribution is 2.38. The molecule has 0 atom stereocenters. The summed E-state index contributed by atoms with van der Waals surface area (Å²) in [6.45, 7) is -0.108. The third-order valence-electron chi connectivity index (χ3n) is 2.81. The summed E-state index contributed by atoms with van der Waals surface area (Å²) in [6.07, 6.45) is 0. The summed E-state index contributed by atoms with van der Waals surface area (Å²) in [5.41, 5.74) is 1.62. The fraction of sp³-hybridized carbons (Fsp3) is 0.0769. The van der Waals surface area contributed by atoms with Gasteiger partial charge in [-0.15, -0.1) is 11.3 Å². The van der Waals surface area contributed by atoms with E-state index >= 15 is 0 Å². The van der Waals surface area contributed by atoms with Gasteiger partial charge >= 0.3 is 5.97 Å². The van der Waals surface area contributed by atoms with Crippen LogP contribution in [0.25, 0.3) is 21.7 Å². The maximum atomic E-state index is 11.1. The number of aliphatic carboxylic acids is 1. The molecule has 2 aromatic heterocycles. The molecule has 1 N–H and O–H groups in total. The molecule has 1 aromatic carbocycles. The number of halogens is 2. The van der Waals surface area contributed by atoms with Crippen LogP contribution in [0.15, 0.2) is 38.6 Å². The number of carbonyl (C=O) groups is 1. The fourth-order valence-corrected chi connectivity index (χ4v) is 4.05. The molecule has 3 aromatic rings. The summed E-state index contributed by atoms with van der Waals surface area (Å²) in [4.78, 5) is 16.6. The Morgan fingerprint density at radius 3 is 2.75 bits per heavy atom. The fourth-order valence-electron chi connectivity index (χ4n) is 2.02. The molecule has 0 fully saturated rings. The standard InChI is InChI=1S/C13H8Br2N2O2S/c14-7-5-10(20-12(7)15)13-16-8-3-1-2-4-9(8)17(13)6-11(18)19/h1-5H,6H2,(H,18,19). The lowest BCUT2D eigenvalue weighted by Crippen LogP contribution is -2.09. The smallest absolute Gasteiger partial charge is 0.323 e. The third-order valence-corrected chi connectivity index (χ3v) is 6.07. The zero-order valence-electron chi connectivity index (χ0n) is 10.0. The molecule has 0 aliphatic heterocycles. The van der Waals surface area contributed by atoms with Gasteiger partial charge in [0, 0.05) is 4.47 Å². The van der Waals surface area contributed by atoms with Gasteiger partial charge in [-0.25, -0.2) is 4.98 Å². The lowest BCUT2D eigenvalue weighted by atomic mass is 10.3.